The van der Waals surface area contributed by atoms with Crippen LogP contribution in [0.1, 0.15) is 0 Å². The number of carbonyl (C=O) groups excluding carboxylic acids is 1. The zero-order valence-corrected chi connectivity index (χ0v) is 9.70. The van der Waals surface area contributed by atoms with E-state index in [1.165, 1.54) is 0 Å². The first-order valence-electron chi connectivity index (χ1n) is 1.08. The molecular formula is C2H8KNO2S2. The maximum absolute atomic E-state index is 9.18. The molecule has 0 rings (SSSR count). The summed E-state index contributed by atoms with van der Waals surface area (Å²) in [5.41, 5.74) is 0. The van der Waals surface area contributed by atoms with E-state index in [9.17, 15) is 9.90 Å². The molecule has 3 N–H and O–H groups in total. The Morgan fingerprint density at radius 3 is 1.75 bits per heavy atom. The number of rotatable bonds is 1. The molecule has 0 spiro atoms. The molecule has 0 aromatic heterocycles. The number of aliphatic carboxylic acids is 1. The smallest absolute Gasteiger partial charge is 0.549 e. The van der Waals surface area contributed by atoms with Crippen molar-refractivity contribution in [1.29, 1.82) is 0 Å². The van der Waals surface area contributed by atoms with Gasteiger partial charge in [0, 0.05) is 5.75 Å². The fourth-order valence-corrected chi connectivity index (χ4v) is 0. The SMILES string of the molecule is N.O=C([O-])CS.S.[K+]. The number of hydrogen-bond acceptors (Lipinski definition) is 4. The third kappa shape index (κ3) is 25.1. The van der Waals surface area contributed by atoms with Gasteiger partial charge in [0.05, 0.1) is 5.97 Å². The maximum Gasteiger partial charge on any atom is 1.00 e. The van der Waals surface area contributed by atoms with E-state index in [0.29, 0.717) is 0 Å². The Morgan fingerprint density at radius 1 is 1.62 bits per heavy atom. The van der Waals surface area contributed by atoms with Crippen molar-refractivity contribution in [2.75, 3.05) is 5.75 Å². The predicted molar refractivity (Wildman–Crippen MR) is 34.3 cm³/mol. The van der Waals surface area contributed by atoms with Crippen molar-refractivity contribution >= 4 is 32.1 Å². The molecule has 6 heteroatoms. The van der Waals surface area contributed by atoms with Gasteiger partial charge < -0.3 is 16.1 Å². The van der Waals surface area contributed by atoms with Crippen LogP contribution in [0.4, 0.5) is 0 Å². The van der Waals surface area contributed by atoms with E-state index in [4.69, 9.17) is 0 Å². The first-order chi connectivity index (χ1) is 2.27. The summed E-state index contributed by atoms with van der Waals surface area (Å²) < 4.78 is 0. The van der Waals surface area contributed by atoms with E-state index in [2.05, 4.69) is 12.6 Å². The number of hydrogen-bond donors (Lipinski definition) is 2. The van der Waals surface area contributed by atoms with Crippen molar-refractivity contribution in [3.63, 3.8) is 0 Å². The number of carboxylic acids is 1. The fourth-order valence-electron chi connectivity index (χ4n) is 0. The summed E-state index contributed by atoms with van der Waals surface area (Å²) in [5, 5.41) is 9.18. The Morgan fingerprint density at radius 2 is 1.75 bits per heavy atom. The van der Waals surface area contributed by atoms with Crippen molar-refractivity contribution in [3.8, 4) is 0 Å². The van der Waals surface area contributed by atoms with Gasteiger partial charge in [-0.05, 0) is 0 Å². The van der Waals surface area contributed by atoms with Gasteiger partial charge in [-0.2, -0.15) is 26.1 Å². The van der Waals surface area contributed by atoms with Gasteiger partial charge >= 0.3 is 51.4 Å². The van der Waals surface area contributed by atoms with E-state index in [-0.39, 0.29) is 76.8 Å². The van der Waals surface area contributed by atoms with Crippen molar-refractivity contribution in [2.24, 2.45) is 0 Å². The van der Waals surface area contributed by atoms with Crippen molar-refractivity contribution < 1.29 is 61.3 Å². The minimum Gasteiger partial charge on any atom is -0.549 e. The molecule has 46 valence electrons. The van der Waals surface area contributed by atoms with E-state index >= 15 is 0 Å². The average molecular weight is 181 g/mol. The molecule has 0 aliphatic carbocycles. The van der Waals surface area contributed by atoms with Gasteiger partial charge in [0.15, 0.2) is 0 Å². The molecule has 0 aliphatic heterocycles. The number of carboxylic acid groups (broad SMARTS) is 1. The normalized spacial score (nSPS) is 4.62. The van der Waals surface area contributed by atoms with Gasteiger partial charge in [-0.3, -0.25) is 0 Å². The van der Waals surface area contributed by atoms with Gasteiger partial charge in [-0.15, -0.1) is 0 Å². The molecule has 0 saturated carbocycles. The first-order valence-corrected chi connectivity index (χ1v) is 1.71. The Balaban J connectivity index is -0.0000000267. The summed E-state index contributed by atoms with van der Waals surface area (Å²) in [6.45, 7) is 0. The zero-order valence-electron chi connectivity index (χ0n) is 4.68. The molecule has 0 aromatic carbocycles. The monoisotopic (exact) mass is 181 g/mol. The van der Waals surface area contributed by atoms with Crippen LogP contribution >= 0.6 is 26.1 Å². The second-order valence-corrected chi connectivity index (χ2v) is 0.846. The van der Waals surface area contributed by atoms with Gasteiger partial charge in [0.1, 0.15) is 0 Å². The second-order valence-electron chi connectivity index (χ2n) is 0.530. The van der Waals surface area contributed by atoms with Crippen molar-refractivity contribution in [2.45, 2.75) is 0 Å². The fraction of sp³-hybridized carbons (Fsp3) is 0.500. The molecule has 0 heterocycles. The molecule has 0 amide bonds. The molecule has 0 aliphatic rings. The standard InChI is InChI=1S/C2H4O2S.K.H3N.H2S/c3-2(4)1-5;;;/h5H,1H2,(H,3,4);;1H3;1H2/q;+1;;/p-1. The minimum atomic E-state index is -1.13. The topological polar surface area (TPSA) is 75.1 Å². The molecule has 0 aromatic rings. The van der Waals surface area contributed by atoms with Crippen LogP contribution in [0.25, 0.3) is 0 Å². The Labute approximate surface area is 103 Å². The van der Waals surface area contributed by atoms with Gasteiger partial charge in [-0.1, -0.05) is 0 Å². The summed E-state index contributed by atoms with van der Waals surface area (Å²) >= 11 is 3.35. The first kappa shape index (κ1) is 22.6. The van der Waals surface area contributed by atoms with E-state index in [1.807, 2.05) is 0 Å². The van der Waals surface area contributed by atoms with Crippen molar-refractivity contribution in [1.82, 2.24) is 6.15 Å². The van der Waals surface area contributed by atoms with Crippen LogP contribution in [0.15, 0.2) is 0 Å². The quantitative estimate of drug-likeness (QED) is 0.319. The summed E-state index contributed by atoms with van der Waals surface area (Å²) in [6, 6.07) is 0. The maximum atomic E-state index is 9.18. The average Bonchev–Trinajstić information content (AvgIpc) is 1.38. The molecular weight excluding hydrogens is 173 g/mol. The van der Waals surface area contributed by atoms with E-state index < -0.39 is 5.97 Å². The third-order valence-corrected chi connectivity index (χ3v) is 0.387. The van der Waals surface area contributed by atoms with Crippen molar-refractivity contribution in [3.05, 3.63) is 0 Å². The van der Waals surface area contributed by atoms with Crippen LogP contribution < -0.4 is 62.6 Å². The molecule has 0 unspecified atom stereocenters. The van der Waals surface area contributed by atoms with Gasteiger partial charge in [0.2, 0.25) is 0 Å². The largest absolute Gasteiger partial charge is 1.00 e. The Hall–Kier alpha value is 1.77. The molecule has 0 saturated heterocycles. The minimum absolute atomic E-state index is 0. The molecule has 3 nitrogen and oxygen atoms in total. The summed E-state index contributed by atoms with van der Waals surface area (Å²) in [5.74, 6) is -1.33. The Bertz CT molecular complexity index is 53.3. The van der Waals surface area contributed by atoms with Gasteiger partial charge in [0.25, 0.3) is 0 Å². The van der Waals surface area contributed by atoms with Crippen LogP contribution in [0.3, 0.4) is 0 Å². The summed E-state index contributed by atoms with van der Waals surface area (Å²) in [4.78, 5) is 9.18. The molecule has 8 heavy (non-hydrogen) atoms. The van der Waals surface area contributed by atoms with Gasteiger partial charge in [-0.25, -0.2) is 0 Å². The van der Waals surface area contributed by atoms with Crippen LogP contribution in [0.2, 0.25) is 0 Å². The van der Waals surface area contributed by atoms with E-state index in [1.54, 1.807) is 0 Å². The molecule has 0 bridgehead atoms. The Kier molecular flexibility index (Phi) is 44.9. The van der Waals surface area contributed by atoms with Crippen LogP contribution in [0, 0.1) is 0 Å². The number of thiol groups is 1. The second kappa shape index (κ2) is 15.9. The summed E-state index contributed by atoms with van der Waals surface area (Å²) in [7, 11) is 0. The van der Waals surface area contributed by atoms with E-state index in [0.717, 1.165) is 0 Å². The number of carbonyl (C=O) groups is 1. The zero-order chi connectivity index (χ0) is 4.28. The van der Waals surface area contributed by atoms with Crippen LogP contribution in [0.5, 0.6) is 0 Å². The van der Waals surface area contributed by atoms with Crippen LogP contribution in [-0.4, -0.2) is 11.7 Å². The summed E-state index contributed by atoms with van der Waals surface area (Å²) in [6.07, 6.45) is 0. The predicted octanol–water partition coefficient (Wildman–Crippen LogP) is -4.06. The molecule has 0 atom stereocenters. The third-order valence-electron chi connectivity index (χ3n) is 0.129. The molecule has 0 radical (unpaired) electrons. The molecule has 0 fully saturated rings. The van der Waals surface area contributed by atoms with Crippen LogP contribution in [-0.2, 0) is 4.79 Å².